The Bertz CT molecular complexity index is 667. The molecule has 22 heavy (non-hydrogen) atoms. The van der Waals surface area contributed by atoms with Crippen LogP contribution < -0.4 is 5.32 Å². The summed E-state index contributed by atoms with van der Waals surface area (Å²) in [6, 6.07) is 5.63. The van der Waals surface area contributed by atoms with Crippen LogP contribution in [0.15, 0.2) is 34.9 Å². The van der Waals surface area contributed by atoms with Crippen LogP contribution in [0.25, 0.3) is 11.5 Å². The number of carboxylic acid groups (broad SMARTS) is 1. The summed E-state index contributed by atoms with van der Waals surface area (Å²) in [6.07, 6.45) is 1.54. The monoisotopic (exact) mass is 304 g/mol. The number of aromatic nitrogens is 1. The van der Waals surface area contributed by atoms with Gasteiger partial charge in [-0.25, -0.2) is 9.78 Å². The number of carbonyl (C=O) groups excluding carboxylic acids is 1. The SMILES string of the molecule is COCC(NC(=O)c1ccc(-c2ccco2)nc1C)C(=O)O. The topological polar surface area (TPSA) is 102 Å². The van der Waals surface area contributed by atoms with E-state index in [0.29, 0.717) is 22.7 Å². The van der Waals surface area contributed by atoms with E-state index in [0.717, 1.165) is 0 Å². The van der Waals surface area contributed by atoms with Gasteiger partial charge in [0.15, 0.2) is 11.8 Å². The van der Waals surface area contributed by atoms with Crippen LogP contribution in [0.1, 0.15) is 16.1 Å². The predicted octanol–water partition coefficient (Wildman–Crippen LogP) is 1.48. The summed E-state index contributed by atoms with van der Waals surface area (Å²) in [5, 5.41) is 11.4. The Morgan fingerprint density at radius 3 is 2.73 bits per heavy atom. The van der Waals surface area contributed by atoms with Crippen molar-refractivity contribution in [3.8, 4) is 11.5 Å². The van der Waals surface area contributed by atoms with Crippen LogP contribution in [0.3, 0.4) is 0 Å². The Morgan fingerprint density at radius 2 is 2.18 bits per heavy atom. The first kappa shape index (κ1) is 15.7. The van der Waals surface area contributed by atoms with Gasteiger partial charge >= 0.3 is 5.97 Å². The lowest BCUT2D eigenvalue weighted by Gasteiger charge is -2.14. The van der Waals surface area contributed by atoms with Crippen LogP contribution >= 0.6 is 0 Å². The number of methoxy groups -OCH3 is 1. The molecule has 0 spiro atoms. The Kier molecular flexibility index (Phi) is 4.90. The normalized spacial score (nSPS) is 11.9. The molecule has 2 aromatic rings. The number of hydrogen-bond donors (Lipinski definition) is 2. The summed E-state index contributed by atoms with van der Waals surface area (Å²) in [5.41, 5.74) is 1.39. The number of rotatable bonds is 6. The van der Waals surface area contributed by atoms with Crippen molar-refractivity contribution in [3.05, 3.63) is 41.8 Å². The summed E-state index contributed by atoms with van der Waals surface area (Å²) in [7, 11) is 1.37. The lowest BCUT2D eigenvalue weighted by atomic mass is 10.1. The minimum absolute atomic E-state index is 0.113. The van der Waals surface area contributed by atoms with Gasteiger partial charge in [-0.15, -0.1) is 0 Å². The number of ether oxygens (including phenoxy) is 1. The molecule has 2 N–H and O–H groups in total. The van der Waals surface area contributed by atoms with E-state index in [1.807, 2.05) is 0 Å². The van der Waals surface area contributed by atoms with Crippen LogP contribution in [0.4, 0.5) is 0 Å². The molecule has 2 aromatic heterocycles. The summed E-state index contributed by atoms with van der Waals surface area (Å²) in [5.74, 6) is -1.08. The average molecular weight is 304 g/mol. The number of pyridine rings is 1. The second-order valence-corrected chi connectivity index (χ2v) is 4.63. The zero-order valence-electron chi connectivity index (χ0n) is 12.2. The van der Waals surface area contributed by atoms with Gasteiger partial charge in [-0.1, -0.05) is 0 Å². The number of aliphatic carboxylic acids is 1. The van der Waals surface area contributed by atoms with Gasteiger partial charge < -0.3 is 19.6 Å². The highest BCUT2D eigenvalue weighted by molar-refractivity contribution is 5.97. The first-order valence-electron chi connectivity index (χ1n) is 6.57. The third-order valence-electron chi connectivity index (χ3n) is 3.04. The fourth-order valence-corrected chi connectivity index (χ4v) is 1.94. The Hall–Kier alpha value is -2.67. The summed E-state index contributed by atoms with van der Waals surface area (Å²) in [6.45, 7) is 1.56. The second-order valence-electron chi connectivity index (χ2n) is 4.63. The first-order valence-corrected chi connectivity index (χ1v) is 6.57. The fourth-order valence-electron chi connectivity index (χ4n) is 1.94. The summed E-state index contributed by atoms with van der Waals surface area (Å²) < 4.78 is 10.0. The zero-order valence-corrected chi connectivity index (χ0v) is 12.2. The van der Waals surface area contributed by atoms with Gasteiger partial charge in [-0.2, -0.15) is 0 Å². The van der Waals surface area contributed by atoms with Gasteiger partial charge in [0.2, 0.25) is 0 Å². The Labute approximate surface area is 126 Å². The van der Waals surface area contributed by atoms with Crippen LogP contribution in [-0.4, -0.2) is 41.7 Å². The van der Waals surface area contributed by atoms with E-state index in [-0.39, 0.29) is 6.61 Å². The molecule has 116 valence electrons. The van der Waals surface area contributed by atoms with Crippen molar-refractivity contribution in [1.82, 2.24) is 10.3 Å². The highest BCUT2D eigenvalue weighted by atomic mass is 16.5. The quantitative estimate of drug-likeness (QED) is 0.838. The zero-order chi connectivity index (χ0) is 16.1. The van der Waals surface area contributed by atoms with E-state index in [1.165, 1.54) is 13.4 Å². The largest absolute Gasteiger partial charge is 0.480 e. The molecule has 7 nitrogen and oxygen atoms in total. The maximum absolute atomic E-state index is 12.2. The number of aryl methyl sites for hydroxylation is 1. The van der Waals surface area contributed by atoms with Crippen molar-refractivity contribution in [2.24, 2.45) is 0 Å². The van der Waals surface area contributed by atoms with Crippen LogP contribution in [0.5, 0.6) is 0 Å². The molecule has 0 saturated heterocycles. The van der Waals surface area contributed by atoms with Gasteiger partial charge in [-0.05, 0) is 31.2 Å². The van der Waals surface area contributed by atoms with E-state index in [2.05, 4.69) is 10.3 Å². The van der Waals surface area contributed by atoms with E-state index in [1.54, 1.807) is 31.2 Å². The number of nitrogens with zero attached hydrogens (tertiary/aromatic N) is 1. The third-order valence-corrected chi connectivity index (χ3v) is 3.04. The smallest absolute Gasteiger partial charge is 0.328 e. The van der Waals surface area contributed by atoms with E-state index in [4.69, 9.17) is 14.3 Å². The van der Waals surface area contributed by atoms with E-state index in [9.17, 15) is 9.59 Å². The molecular formula is C15H16N2O5. The van der Waals surface area contributed by atoms with Gasteiger partial charge in [0.25, 0.3) is 5.91 Å². The minimum atomic E-state index is -1.16. The standard InChI is InChI=1S/C15H16N2O5/c1-9-10(14(18)17-12(8-21-2)15(19)20)5-6-11(16-9)13-4-3-7-22-13/h3-7,12H,8H2,1-2H3,(H,17,18)(H,19,20). The molecule has 0 aliphatic carbocycles. The first-order chi connectivity index (χ1) is 10.5. The van der Waals surface area contributed by atoms with Crippen LogP contribution in [0, 0.1) is 6.92 Å². The maximum Gasteiger partial charge on any atom is 0.328 e. The summed E-state index contributed by atoms with van der Waals surface area (Å²) >= 11 is 0. The van der Waals surface area contributed by atoms with Crippen molar-refractivity contribution in [1.29, 1.82) is 0 Å². The van der Waals surface area contributed by atoms with Crippen molar-refractivity contribution in [3.63, 3.8) is 0 Å². The molecule has 0 aliphatic rings. The molecule has 2 heterocycles. The maximum atomic E-state index is 12.2. The lowest BCUT2D eigenvalue weighted by Crippen LogP contribution is -2.44. The number of hydrogen-bond acceptors (Lipinski definition) is 5. The van der Waals surface area contributed by atoms with E-state index < -0.39 is 17.9 Å². The molecule has 2 rings (SSSR count). The van der Waals surface area contributed by atoms with Crippen molar-refractivity contribution < 1.29 is 23.8 Å². The lowest BCUT2D eigenvalue weighted by molar-refractivity contribution is -0.140. The molecule has 0 aliphatic heterocycles. The molecule has 1 amide bonds. The number of amides is 1. The van der Waals surface area contributed by atoms with Gasteiger partial charge in [0.05, 0.1) is 24.1 Å². The average Bonchev–Trinajstić information content (AvgIpc) is 3.00. The Balaban J connectivity index is 2.18. The molecular weight excluding hydrogens is 288 g/mol. The molecule has 7 heteroatoms. The molecule has 0 bridgehead atoms. The minimum Gasteiger partial charge on any atom is -0.480 e. The predicted molar refractivity (Wildman–Crippen MR) is 77.4 cm³/mol. The van der Waals surface area contributed by atoms with Gasteiger partial charge in [0, 0.05) is 7.11 Å². The third kappa shape index (κ3) is 3.50. The molecule has 0 radical (unpaired) electrons. The molecule has 0 saturated carbocycles. The fraction of sp³-hybridized carbons (Fsp3) is 0.267. The van der Waals surface area contributed by atoms with Gasteiger partial charge in [-0.3, -0.25) is 4.79 Å². The van der Waals surface area contributed by atoms with Crippen LogP contribution in [-0.2, 0) is 9.53 Å². The molecule has 0 fully saturated rings. The Morgan fingerprint density at radius 1 is 1.41 bits per heavy atom. The number of furan rings is 1. The number of carbonyl (C=O) groups is 2. The highest BCUT2D eigenvalue weighted by Crippen LogP contribution is 2.19. The molecule has 1 unspecified atom stereocenters. The molecule has 1 atom stereocenters. The second kappa shape index (κ2) is 6.86. The van der Waals surface area contributed by atoms with Crippen molar-refractivity contribution in [2.75, 3.05) is 13.7 Å². The number of nitrogens with one attached hydrogen (secondary N) is 1. The van der Waals surface area contributed by atoms with Crippen molar-refractivity contribution >= 4 is 11.9 Å². The van der Waals surface area contributed by atoms with Crippen molar-refractivity contribution in [2.45, 2.75) is 13.0 Å². The highest BCUT2D eigenvalue weighted by Gasteiger charge is 2.22. The number of carboxylic acids is 1. The van der Waals surface area contributed by atoms with E-state index >= 15 is 0 Å². The summed E-state index contributed by atoms with van der Waals surface area (Å²) in [4.78, 5) is 27.5. The van der Waals surface area contributed by atoms with Crippen LogP contribution in [0.2, 0.25) is 0 Å². The van der Waals surface area contributed by atoms with Gasteiger partial charge in [0.1, 0.15) is 5.69 Å². The molecule has 0 aromatic carbocycles.